The van der Waals surface area contributed by atoms with Crippen molar-refractivity contribution in [3.8, 4) is 0 Å². The quantitative estimate of drug-likeness (QED) is 0.546. The van der Waals surface area contributed by atoms with Crippen LogP contribution in [-0.2, 0) is 0 Å². The zero-order chi connectivity index (χ0) is 7.44. The maximum atomic E-state index is 9.20. The Hall–Kier alpha value is -0.340. The van der Waals surface area contributed by atoms with Crippen LogP contribution in [-0.4, -0.2) is 17.3 Å². The van der Waals surface area contributed by atoms with Gasteiger partial charge < -0.3 is 10.8 Å². The number of aliphatic hydroxyl groups is 1. The summed E-state index contributed by atoms with van der Waals surface area (Å²) in [6, 6.07) is -0.169. The van der Waals surface area contributed by atoms with Crippen molar-refractivity contribution in [1.29, 1.82) is 0 Å². The van der Waals surface area contributed by atoms with E-state index >= 15 is 0 Å². The third-order valence-corrected chi connectivity index (χ3v) is 1.45. The summed E-state index contributed by atoms with van der Waals surface area (Å²) in [5.74, 6) is 0.0880. The largest absolute Gasteiger partial charge is 0.391 e. The van der Waals surface area contributed by atoms with E-state index < -0.39 is 6.10 Å². The molecule has 0 spiro atoms. The molecule has 2 heteroatoms. The predicted molar refractivity (Wildman–Crippen MR) is 39.0 cm³/mol. The van der Waals surface area contributed by atoms with Crippen LogP contribution in [0.4, 0.5) is 0 Å². The van der Waals surface area contributed by atoms with Gasteiger partial charge in [-0.15, -0.1) is 6.58 Å². The average molecular weight is 129 g/mol. The third kappa shape index (κ3) is 2.63. The first kappa shape index (κ1) is 8.66. The minimum atomic E-state index is -0.456. The summed E-state index contributed by atoms with van der Waals surface area (Å²) in [6.45, 7) is 7.22. The Morgan fingerprint density at radius 1 is 1.56 bits per heavy atom. The first-order valence-electron chi connectivity index (χ1n) is 3.15. The minimum Gasteiger partial charge on any atom is -0.391 e. The first-order chi connectivity index (χ1) is 4.09. The van der Waals surface area contributed by atoms with E-state index in [0.717, 1.165) is 0 Å². The van der Waals surface area contributed by atoms with Crippen LogP contribution in [0.5, 0.6) is 0 Å². The van der Waals surface area contributed by atoms with E-state index in [-0.39, 0.29) is 12.0 Å². The molecule has 2 nitrogen and oxygen atoms in total. The third-order valence-electron chi connectivity index (χ3n) is 1.45. The number of rotatable bonds is 3. The SMILES string of the molecule is C=CC(C)C(O)C(C)N. The second kappa shape index (κ2) is 3.64. The molecule has 3 N–H and O–H groups in total. The number of hydrogen-bond acceptors (Lipinski definition) is 2. The molecule has 54 valence electrons. The van der Waals surface area contributed by atoms with Crippen molar-refractivity contribution in [2.75, 3.05) is 0 Å². The molecule has 0 bridgehead atoms. The zero-order valence-electron chi connectivity index (χ0n) is 6.04. The van der Waals surface area contributed by atoms with E-state index in [1.54, 1.807) is 13.0 Å². The zero-order valence-corrected chi connectivity index (χ0v) is 6.04. The Labute approximate surface area is 56.4 Å². The van der Waals surface area contributed by atoms with E-state index in [9.17, 15) is 5.11 Å². The highest BCUT2D eigenvalue weighted by Gasteiger charge is 2.14. The molecule has 0 amide bonds. The molecular formula is C7H15NO. The highest BCUT2D eigenvalue weighted by molar-refractivity contribution is 4.84. The molecular weight excluding hydrogens is 114 g/mol. The van der Waals surface area contributed by atoms with Crippen LogP contribution >= 0.6 is 0 Å². The summed E-state index contributed by atoms with van der Waals surface area (Å²) in [4.78, 5) is 0. The number of nitrogens with two attached hydrogens (primary N) is 1. The van der Waals surface area contributed by atoms with E-state index in [0.29, 0.717) is 0 Å². The molecule has 0 aromatic carbocycles. The fraction of sp³-hybridized carbons (Fsp3) is 0.714. The molecule has 3 unspecified atom stereocenters. The van der Waals surface area contributed by atoms with Crippen molar-refractivity contribution in [2.45, 2.75) is 26.0 Å². The second-order valence-corrected chi connectivity index (χ2v) is 2.44. The summed E-state index contributed by atoms with van der Waals surface area (Å²) in [7, 11) is 0. The van der Waals surface area contributed by atoms with Crippen LogP contribution in [0.15, 0.2) is 12.7 Å². The molecule has 3 atom stereocenters. The molecule has 0 aliphatic rings. The van der Waals surface area contributed by atoms with E-state index in [1.807, 2.05) is 6.92 Å². The number of aliphatic hydroxyl groups excluding tert-OH is 1. The van der Waals surface area contributed by atoms with Crippen molar-refractivity contribution in [3.05, 3.63) is 12.7 Å². The van der Waals surface area contributed by atoms with Gasteiger partial charge >= 0.3 is 0 Å². The van der Waals surface area contributed by atoms with Gasteiger partial charge in [0.2, 0.25) is 0 Å². The molecule has 9 heavy (non-hydrogen) atoms. The molecule has 0 rings (SSSR count). The standard InChI is InChI=1S/C7H15NO/c1-4-5(2)7(9)6(3)8/h4-7,9H,1,8H2,2-3H3. The average Bonchev–Trinajstić information content (AvgIpc) is 1.84. The molecule has 0 saturated heterocycles. The Balaban J connectivity index is 3.71. The van der Waals surface area contributed by atoms with Crippen molar-refractivity contribution >= 4 is 0 Å². The Kier molecular flexibility index (Phi) is 3.50. The highest BCUT2D eigenvalue weighted by Crippen LogP contribution is 2.05. The van der Waals surface area contributed by atoms with Gasteiger partial charge in [0.15, 0.2) is 0 Å². The molecule has 0 heterocycles. The van der Waals surface area contributed by atoms with Crippen LogP contribution in [0.25, 0.3) is 0 Å². The van der Waals surface area contributed by atoms with Crippen molar-refractivity contribution in [1.82, 2.24) is 0 Å². The lowest BCUT2D eigenvalue weighted by atomic mass is 10.0. The molecule has 0 aliphatic heterocycles. The first-order valence-corrected chi connectivity index (χ1v) is 3.15. The van der Waals surface area contributed by atoms with E-state index in [4.69, 9.17) is 5.73 Å². The summed E-state index contributed by atoms with van der Waals surface area (Å²) in [5.41, 5.74) is 5.41. The fourth-order valence-electron chi connectivity index (χ4n) is 0.618. The normalized spacial score (nSPS) is 20.4. The molecule has 0 aromatic rings. The Morgan fingerprint density at radius 3 is 2.11 bits per heavy atom. The van der Waals surface area contributed by atoms with Gasteiger partial charge in [-0.05, 0) is 6.92 Å². The topological polar surface area (TPSA) is 46.2 Å². The second-order valence-electron chi connectivity index (χ2n) is 2.44. The van der Waals surface area contributed by atoms with Crippen LogP contribution in [0.3, 0.4) is 0 Å². The molecule has 0 saturated carbocycles. The van der Waals surface area contributed by atoms with Gasteiger partial charge in [0.05, 0.1) is 6.10 Å². The maximum absolute atomic E-state index is 9.20. The molecule has 0 radical (unpaired) electrons. The summed E-state index contributed by atoms with van der Waals surface area (Å²) < 4.78 is 0. The fourth-order valence-corrected chi connectivity index (χ4v) is 0.618. The van der Waals surface area contributed by atoms with Gasteiger partial charge in [0.1, 0.15) is 0 Å². The van der Waals surface area contributed by atoms with Crippen LogP contribution < -0.4 is 5.73 Å². The van der Waals surface area contributed by atoms with Crippen molar-refractivity contribution in [3.63, 3.8) is 0 Å². The van der Waals surface area contributed by atoms with Crippen LogP contribution in [0, 0.1) is 5.92 Å². The Morgan fingerprint density at radius 2 is 2.00 bits per heavy atom. The van der Waals surface area contributed by atoms with Gasteiger partial charge in [0, 0.05) is 12.0 Å². The monoisotopic (exact) mass is 129 g/mol. The van der Waals surface area contributed by atoms with E-state index in [2.05, 4.69) is 6.58 Å². The Bertz CT molecular complexity index is 90.9. The van der Waals surface area contributed by atoms with Gasteiger partial charge in [0.25, 0.3) is 0 Å². The van der Waals surface area contributed by atoms with Gasteiger partial charge in [-0.1, -0.05) is 13.0 Å². The molecule has 0 fully saturated rings. The molecule has 0 aliphatic carbocycles. The summed E-state index contributed by atoms with van der Waals surface area (Å²) in [5, 5.41) is 9.20. The maximum Gasteiger partial charge on any atom is 0.0748 e. The van der Waals surface area contributed by atoms with Gasteiger partial charge in [-0.2, -0.15) is 0 Å². The van der Waals surface area contributed by atoms with Gasteiger partial charge in [-0.3, -0.25) is 0 Å². The lowest BCUT2D eigenvalue weighted by molar-refractivity contribution is 0.116. The summed E-state index contributed by atoms with van der Waals surface area (Å²) in [6.07, 6.45) is 1.25. The lowest BCUT2D eigenvalue weighted by Gasteiger charge is -2.18. The lowest BCUT2D eigenvalue weighted by Crippen LogP contribution is -2.35. The minimum absolute atomic E-state index is 0.0880. The predicted octanol–water partition coefficient (Wildman–Crippen LogP) is 0.517. The van der Waals surface area contributed by atoms with Gasteiger partial charge in [-0.25, -0.2) is 0 Å². The molecule has 0 aromatic heterocycles. The van der Waals surface area contributed by atoms with Crippen LogP contribution in [0.2, 0.25) is 0 Å². The van der Waals surface area contributed by atoms with Crippen molar-refractivity contribution < 1.29 is 5.11 Å². The van der Waals surface area contributed by atoms with Crippen LogP contribution in [0.1, 0.15) is 13.8 Å². The number of hydrogen-bond donors (Lipinski definition) is 2. The van der Waals surface area contributed by atoms with Crippen molar-refractivity contribution in [2.24, 2.45) is 11.7 Å². The van der Waals surface area contributed by atoms with E-state index in [1.165, 1.54) is 0 Å². The smallest absolute Gasteiger partial charge is 0.0748 e. The summed E-state index contributed by atoms with van der Waals surface area (Å²) >= 11 is 0. The highest BCUT2D eigenvalue weighted by atomic mass is 16.3.